The van der Waals surface area contributed by atoms with Gasteiger partial charge in [0.05, 0.1) is 7.11 Å². The van der Waals surface area contributed by atoms with E-state index in [1.54, 1.807) is 7.11 Å². The molecular formula is C19H28N2O3. The summed E-state index contributed by atoms with van der Waals surface area (Å²) >= 11 is 0. The number of para-hydroxylation sites is 1. The second-order valence-corrected chi connectivity index (χ2v) is 6.85. The first-order valence-electron chi connectivity index (χ1n) is 9.04. The largest absolute Gasteiger partial charge is 0.496 e. The van der Waals surface area contributed by atoms with E-state index < -0.39 is 12.0 Å². The Balaban J connectivity index is 1.75. The Bertz CT molecular complexity index is 557. The van der Waals surface area contributed by atoms with Gasteiger partial charge in [0.1, 0.15) is 11.8 Å². The zero-order valence-electron chi connectivity index (χ0n) is 14.5. The van der Waals surface area contributed by atoms with Crippen molar-refractivity contribution in [2.24, 2.45) is 0 Å². The van der Waals surface area contributed by atoms with Crippen molar-refractivity contribution in [3.05, 3.63) is 29.8 Å². The fraction of sp³-hybridized carbons (Fsp3) is 0.632. The molecule has 1 N–H and O–H groups in total. The lowest BCUT2D eigenvalue weighted by Gasteiger charge is -2.30. The molecule has 2 aliphatic rings. The first-order valence-corrected chi connectivity index (χ1v) is 9.04. The van der Waals surface area contributed by atoms with E-state index in [1.165, 1.54) is 25.7 Å². The molecule has 0 radical (unpaired) electrons. The monoisotopic (exact) mass is 332 g/mol. The van der Waals surface area contributed by atoms with Crippen LogP contribution in [0.3, 0.4) is 0 Å². The van der Waals surface area contributed by atoms with Crippen LogP contribution in [0.25, 0.3) is 0 Å². The van der Waals surface area contributed by atoms with Crippen molar-refractivity contribution in [1.82, 2.24) is 9.80 Å². The minimum Gasteiger partial charge on any atom is -0.496 e. The van der Waals surface area contributed by atoms with Crippen molar-refractivity contribution >= 4 is 5.97 Å². The third kappa shape index (κ3) is 3.73. The highest BCUT2D eigenvalue weighted by Gasteiger charge is 2.32. The summed E-state index contributed by atoms with van der Waals surface area (Å²) in [6.45, 7) is 3.66. The van der Waals surface area contributed by atoms with Gasteiger partial charge in [0.15, 0.2) is 0 Å². The van der Waals surface area contributed by atoms with Gasteiger partial charge in [-0.3, -0.25) is 14.6 Å². The van der Waals surface area contributed by atoms with Crippen molar-refractivity contribution in [3.8, 4) is 5.75 Å². The number of nitrogens with zero attached hydrogens (tertiary/aromatic N) is 2. The van der Waals surface area contributed by atoms with Crippen LogP contribution in [0.2, 0.25) is 0 Å². The number of carboxylic acid groups (broad SMARTS) is 1. The molecule has 1 aromatic rings. The van der Waals surface area contributed by atoms with Gasteiger partial charge in [0, 0.05) is 31.2 Å². The number of hydrogen-bond acceptors (Lipinski definition) is 4. The van der Waals surface area contributed by atoms with Gasteiger partial charge in [0.2, 0.25) is 0 Å². The molecule has 1 aromatic carbocycles. The molecule has 1 saturated heterocycles. The second kappa shape index (κ2) is 7.99. The normalized spacial score (nSPS) is 22.2. The topological polar surface area (TPSA) is 53.0 Å². The van der Waals surface area contributed by atoms with E-state index in [0.29, 0.717) is 11.8 Å². The van der Waals surface area contributed by atoms with Crippen LogP contribution in [0, 0.1) is 0 Å². The van der Waals surface area contributed by atoms with Crippen LogP contribution in [0.4, 0.5) is 0 Å². The second-order valence-electron chi connectivity index (χ2n) is 6.85. The smallest absolute Gasteiger partial charge is 0.325 e. The maximum atomic E-state index is 12.0. The molecule has 0 aromatic heterocycles. The van der Waals surface area contributed by atoms with Gasteiger partial charge in [0.25, 0.3) is 0 Å². The van der Waals surface area contributed by atoms with Gasteiger partial charge in [-0.05, 0) is 31.9 Å². The Kier molecular flexibility index (Phi) is 5.74. The molecule has 1 aliphatic heterocycles. The fourth-order valence-corrected chi connectivity index (χ4v) is 4.23. The molecule has 1 atom stereocenters. The third-order valence-electron chi connectivity index (χ3n) is 5.44. The number of ether oxygens (including phenoxy) is 1. The minimum absolute atomic E-state index is 0.635. The predicted molar refractivity (Wildman–Crippen MR) is 93.4 cm³/mol. The number of rotatable bonds is 5. The highest BCUT2D eigenvalue weighted by Crippen LogP contribution is 2.31. The van der Waals surface area contributed by atoms with E-state index in [-0.39, 0.29) is 0 Å². The van der Waals surface area contributed by atoms with Gasteiger partial charge in [-0.15, -0.1) is 0 Å². The Morgan fingerprint density at radius 2 is 1.88 bits per heavy atom. The Hall–Kier alpha value is -1.59. The van der Waals surface area contributed by atoms with Crippen LogP contribution in [0.5, 0.6) is 5.75 Å². The molecule has 132 valence electrons. The van der Waals surface area contributed by atoms with E-state index >= 15 is 0 Å². The van der Waals surface area contributed by atoms with E-state index in [2.05, 4.69) is 9.80 Å². The van der Waals surface area contributed by atoms with Crippen molar-refractivity contribution in [3.63, 3.8) is 0 Å². The summed E-state index contributed by atoms with van der Waals surface area (Å²) in [5.74, 6) is -0.143. The summed E-state index contributed by atoms with van der Waals surface area (Å²) in [5, 5.41) is 9.86. The van der Waals surface area contributed by atoms with Gasteiger partial charge in [-0.2, -0.15) is 0 Å². The molecule has 0 spiro atoms. The highest BCUT2D eigenvalue weighted by molar-refractivity contribution is 5.76. The molecule has 1 aliphatic carbocycles. The first-order chi connectivity index (χ1) is 11.7. The molecule has 2 fully saturated rings. The number of hydrogen-bond donors (Lipinski definition) is 1. The van der Waals surface area contributed by atoms with Gasteiger partial charge >= 0.3 is 5.97 Å². The maximum absolute atomic E-state index is 12.0. The van der Waals surface area contributed by atoms with Crippen molar-refractivity contribution in [2.75, 3.05) is 33.3 Å². The molecular weight excluding hydrogens is 304 g/mol. The Morgan fingerprint density at radius 1 is 1.12 bits per heavy atom. The van der Waals surface area contributed by atoms with E-state index in [0.717, 1.165) is 38.2 Å². The summed E-state index contributed by atoms with van der Waals surface area (Å²) < 4.78 is 5.40. The van der Waals surface area contributed by atoms with Crippen LogP contribution in [-0.4, -0.2) is 60.2 Å². The lowest BCUT2D eigenvalue weighted by Crippen LogP contribution is -2.39. The molecule has 1 saturated carbocycles. The summed E-state index contributed by atoms with van der Waals surface area (Å²) in [7, 11) is 1.60. The molecule has 0 amide bonds. The molecule has 5 nitrogen and oxygen atoms in total. The Labute approximate surface area is 144 Å². The number of carbonyl (C=O) groups is 1. The molecule has 3 rings (SSSR count). The van der Waals surface area contributed by atoms with Crippen LogP contribution in [0.15, 0.2) is 24.3 Å². The van der Waals surface area contributed by atoms with Gasteiger partial charge in [-0.1, -0.05) is 31.0 Å². The van der Waals surface area contributed by atoms with E-state index in [1.807, 2.05) is 24.3 Å². The number of carboxylic acids is 1. The van der Waals surface area contributed by atoms with E-state index in [9.17, 15) is 9.90 Å². The maximum Gasteiger partial charge on any atom is 0.325 e. The number of benzene rings is 1. The van der Waals surface area contributed by atoms with Crippen LogP contribution in [-0.2, 0) is 4.79 Å². The summed E-state index contributed by atoms with van der Waals surface area (Å²) in [4.78, 5) is 16.7. The predicted octanol–water partition coefficient (Wildman–Crippen LogP) is 2.77. The fourth-order valence-electron chi connectivity index (χ4n) is 4.23. The van der Waals surface area contributed by atoms with Crippen LogP contribution < -0.4 is 4.74 Å². The number of methoxy groups -OCH3 is 1. The molecule has 1 unspecified atom stereocenters. The lowest BCUT2D eigenvalue weighted by molar-refractivity contribution is -0.143. The quantitative estimate of drug-likeness (QED) is 0.898. The number of aliphatic carboxylic acids is 1. The standard InChI is InChI=1S/C19H28N2O3/c1-24-17-10-5-4-9-16(17)18(19(22)23)21-12-6-11-20(13-14-21)15-7-2-3-8-15/h4-5,9-10,15,18H,2-3,6-8,11-14H2,1H3,(H,22,23). The minimum atomic E-state index is -0.797. The van der Waals surface area contributed by atoms with Crippen molar-refractivity contribution in [2.45, 2.75) is 44.2 Å². The molecule has 1 heterocycles. The molecule has 24 heavy (non-hydrogen) atoms. The average Bonchev–Trinajstić information content (AvgIpc) is 3.02. The van der Waals surface area contributed by atoms with Crippen molar-refractivity contribution in [1.29, 1.82) is 0 Å². The van der Waals surface area contributed by atoms with E-state index in [4.69, 9.17) is 4.74 Å². The first kappa shape index (κ1) is 17.2. The molecule has 0 bridgehead atoms. The zero-order valence-corrected chi connectivity index (χ0v) is 14.5. The molecule has 5 heteroatoms. The lowest BCUT2D eigenvalue weighted by atomic mass is 10.0. The summed E-state index contributed by atoms with van der Waals surface area (Å²) in [6, 6.07) is 7.55. The zero-order chi connectivity index (χ0) is 16.9. The summed E-state index contributed by atoms with van der Waals surface area (Å²) in [5.41, 5.74) is 0.752. The average molecular weight is 332 g/mol. The van der Waals surface area contributed by atoms with Gasteiger partial charge < -0.3 is 9.84 Å². The third-order valence-corrected chi connectivity index (χ3v) is 5.44. The van der Waals surface area contributed by atoms with Crippen LogP contribution in [0.1, 0.15) is 43.7 Å². The SMILES string of the molecule is COc1ccccc1C(C(=O)O)N1CCCN(C2CCCC2)CC1. The van der Waals surface area contributed by atoms with Crippen molar-refractivity contribution < 1.29 is 14.6 Å². The van der Waals surface area contributed by atoms with Crippen LogP contribution >= 0.6 is 0 Å². The highest BCUT2D eigenvalue weighted by atomic mass is 16.5. The summed E-state index contributed by atoms with van der Waals surface area (Å²) in [6.07, 6.45) is 6.30. The Morgan fingerprint density at radius 3 is 2.58 bits per heavy atom. The van der Waals surface area contributed by atoms with Gasteiger partial charge in [-0.25, -0.2) is 0 Å².